The first-order valence-corrected chi connectivity index (χ1v) is 4.89. The van der Waals surface area contributed by atoms with E-state index >= 15 is 0 Å². The number of hydrogen-bond donors (Lipinski definition) is 0. The van der Waals surface area contributed by atoms with Crippen molar-refractivity contribution in [3.63, 3.8) is 0 Å². The van der Waals surface area contributed by atoms with E-state index in [1.54, 1.807) is 6.20 Å². The first kappa shape index (κ1) is 9.46. The summed E-state index contributed by atoms with van der Waals surface area (Å²) in [7, 11) is 0. The van der Waals surface area contributed by atoms with Gasteiger partial charge in [0.15, 0.2) is 0 Å². The summed E-state index contributed by atoms with van der Waals surface area (Å²) < 4.78 is 0. The number of fused-ring (bicyclic) bond motifs is 1. The van der Waals surface area contributed by atoms with Crippen molar-refractivity contribution in [3.05, 3.63) is 28.5 Å². The lowest BCUT2D eigenvalue weighted by Gasteiger charge is -2.10. The quantitative estimate of drug-likeness (QED) is 0.729. The van der Waals surface area contributed by atoms with Crippen molar-refractivity contribution in [2.45, 2.75) is 25.2 Å². The Kier molecular flexibility index (Phi) is 2.42. The minimum Gasteiger partial charge on any atom is -0.550 e. The lowest BCUT2D eigenvalue weighted by atomic mass is 10.0. The molecule has 0 spiro atoms. The standard InChI is InChI=1S/C10H10ClNO2/c11-8-3-6-1-2-7(4-9(13)14)10(6)12-5-8/h3,5,7H,1-2,4H2,(H,13,14)/p-1. The number of hydrogen-bond acceptors (Lipinski definition) is 3. The lowest BCUT2D eigenvalue weighted by Crippen LogP contribution is -2.24. The van der Waals surface area contributed by atoms with Crippen LogP contribution in [0, 0.1) is 0 Å². The zero-order valence-corrected chi connectivity index (χ0v) is 8.25. The summed E-state index contributed by atoms with van der Waals surface area (Å²) in [6.45, 7) is 0. The fourth-order valence-electron chi connectivity index (χ4n) is 1.93. The molecule has 1 unspecified atom stereocenters. The van der Waals surface area contributed by atoms with Gasteiger partial charge < -0.3 is 9.90 Å². The molecule has 74 valence electrons. The number of aromatic nitrogens is 1. The van der Waals surface area contributed by atoms with E-state index < -0.39 is 5.97 Å². The third-order valence-corrected chi connectivity index (χ3v) is 2.74. The molecule has 1 heterocycles. The van der Waals surface area contributed by atoms with Crippen LogP contribution in [0.1, 0.15) is 30.0 Å². The van der Waals surface area contributed by atoms with E-state index in [1.165, 1.54) is 0 Å². The van der Waals surface area contributed by atoms with Crippen molar-refractivity contribution in [2.75, 3.05) is 0 Å². The number of aliphatic carboxylic acids is 1. The van der Waals surface area contributed by atoms with Gasteiger partial charge in [0.25, 0.3) is 0 Å². The Bertz CT molecular complexity index is 378. The monoisotopic (exact) mass is 210 g/mol. The van der Waals surface area contributed by atoms with Crippen LogP contribution in [0.25, 0.3) is 0 Å². The van der Waals surface area contributed by atoms with Gasteiger partial charge in [0.05, 0.1) is 5.02 Å². The first-order chi connectivity index (χ1) is 6.66. The van der Waals surface area contributed by atoms with Crippen LogP contribution in [0.2, 0.25) is 5.02 Å². The Balaban J connectivity index is 2.26. The van der Waals surface area contributed by atoms with Gasteiger partial charge in [-0.2, -0.15) is 0 Å². The Hall–Kier alpha value is -1.09. The minimum absolute atomic E-state index is 0.00673. The normalized spacial score (nSPS) is 19.4. The van der Waals surface area contributed by atoms with Gasteiger partial charge >= 0.3 is 0 Å². The Morgan fingerprint density at radius 1 is 1.71 bits per heavy atom. The van der Waals surface area contributed by atoms with E-state index in [1.807, 2.05) is 6.07 Å². The summed E-state index contributed by atoms with van der Waals surface area (Å²) in [4.78, 5) is 14.6. The molecule has 3 nitrogen and oxygen atoms in total. The van der Waals surface area contributed by atoms with E-state index in [0.717, 1.165) is 24.1 Å². The highest BCUT2D eigenvalue weighted by Gasteiger charge is 2.23. The van der Waals surface area contributed by atoms with Crippen LogP contribution < -0.4 is 5.11 Å². The molecule has 1 aromatic rings. The van der Waals surface area contributed by atoms with Gasteiger partial charge in [-0.15, -0.1) is 0 Å². The van der Waals surface area contributed by atoms with Gasteiger partial charge in [-0.05, 0) is 30.9 Å². The fraction of sp³-hybridized carbons (Fsp3) is 0.400. The summed E-state index contributed by atoms with van der Waals surface area (Å²) in [5.74, 6) is -1.01. The zero-order chi connectivity index (χ0) is 10.1. The number of aryl methyl sites for hydroxylation is 1. The number of rotatable bonds is 2. The highest BCUT2D eigenvalue weighted by atomic mass is 35.5. The van der Waals surface area contributed by atoms with Gasteiger partial charge in [0, 0.05) is 23.8 Å². The molecular weight excluding hydrogens is 202 g/mol. The molecule has 0 fully saturated rings. The minimum atomic E-state index is -1.01. The van der Waals surface area contributed by atoms with Crippen LogP contribution in [-0.2, 0) is 11.2 Å². The Morgan fingerprint density at radius 2 is 2.50 bits per heavy atom. The van der Waals surface area contributed by atoms with E-state index in [2.05, 4.69) is 4.98 Å². The van der Waals surface area contributed by atoms with Gasteiger partial charge in [-0.1, -0.05) is 11.6 Å². The predicted octanol–water partition coefficient (Wildman–Crippen LogP) is 0.905. The molecule has 0 aromatic carbocycles. The number of nitrogens with zero attached hydrogens (tertiary/aromatic N) is 1. The van der Waals surface area contributed by atoms with Crippen LogP contribution in [0.4, 0.5) is 0 Å². The molecule has 0 N–H and O–H groups in total. The molecule has 0 amide bonds. The average Bonchev–Trinajstić information content (AvgIpc) is 2.47. The van der Waals surface area contributed by atoms with E-state index in [0.29, 0.717) is 5.02 Å². The van der Waals surface area contributed by atoms with Crippen LogP contribution >= 0.6 is 11.6 Å². The molecule has 2 rings (SSSR count). The predicted molar refractivity (Wildman–Crippen MR) is 49.9 cm³/mol. The summed E-state index contributed by atoms with van der Waals surface area (Å²) in [6.07, 6.45) is 3.31. The SMILES string of the molecule is O=C([O-])CC1CCc2cc(Cl)cnc21. The Morgan fingerprint density at radius 3 is 3.21 bits per heavy atom. The molecule has 14 heavy (non-hydrogen) atoms. The van der Waals surface area contributed by atoms with Crippen LogP contribution in [0.15, 0.2) is 12.3 Å². The molecule has 1 aliphatic carbocycles. The molecule has 1 aliphatic rings. The smallest absolute Gasteiger partial charge is 0.0592 e. The van der Waals surface area contributed by atoms with Gasteiger partial charge in [-0.3, -0.25) is 4.98 Å². The van der Waals surface area contributed by atoms with E-state index in [9.17, 15) is 9.90 Å². The molecule has 0 bridgehead atoms. The summed E-state index contributed by atoms with van der Waals surface area (Å²) in [5.41, 5.74) is 1.95. The zero-order valence-electron chi connectivity index (χ0n) is 7.50. The first-order valence-electron chi connectivity index (χ1n) is 4.51. The van der Waals surface area contributed by atoms with Crippen LogP contribution in [0.5, 0.6) is 0 Å². The second kappa shape index (κ2) is 3.58. The molecule has 0 aliphatic heterocycles. The van der Waals surface area contributed by atoms with Gasteiger partial charge in [0.2, 0.25) is 0 Å². The number of carbonyl (C=O) groups is 1. The van der Waals surface area contributed by atoms with Crippen molar-refractivity contribution >= 4 is 17.6 Å². The molecule has 0 saturated heterocycles. The molecule has 1 aromatic heterocycles. The van der Waals surface area contributed by atoms with Crippen molar-refractivity contribution in [1.82, 2.24) is 4.98 Å². The van der Waals surface area contributed by atoms with Crippen LogP contribution in [0.3, 0.4) is 0 Å². The molecule has 0 saturated carbocycles. The molecule has 4 heteroatoms. The fourth-order valence-corrected chi connectivity index (χ4v) is 2.11. The maximum Gasteiger partial charge on any atom is 0.0592 e. The summed E-state index contributed by atoms with van der Waals surface area (Å²) in [5, 5.41) is 11.1. The highest BCUT2D eigenvalue weighted by Crippen LogP contribution is 2.34. The second-order valence-corrected chi connectivity index (χ2v) is 3.95. The summed E-state index contributed by atoms with van der Waals surface area (Å²) >= 11 is 5.79. The number of carboxylic acid groups (broad SMARTS) is 1. The third-order valence-electron chi connectivity index (χ3n) is 2.53. The maximum absolute atomic E-state index is 10.5. The van der Waals surface area contributed by atoms with Crippen molar-refractivity contribution in [1.29, 1.82) is 0 Å². The van der Waals surface area contributed by atoms with Crippen molar-refractivity contribution < 1.29 is 9.90 Å². The third kappa shape index (κ3) is 1.73. The topological polar surface area (TPSA) is 53.0 Å². The maximum atomic E-state index is 10.5. The van der Waals surface area contributed by atoms with Gasteiger partial charge in [-0.25, -0.2) is 0 Å². The van der Waals surface area contributed by atoms with E-state index in [-0.39, 0.29) is 12.3 Å². The number of halogens is 1. The summed E-state index contributed by atoms with van der Waals surface area (Å²) in [6, 6.07) is 1.86. The number of carboxylic acids is 1. The van der Waals surface area contributed by atoms with Gasteiger partial charge in [0.1, 0.15) is 0 Å². The number of pyridine rings is 1. The lowest BCUT2D eigenvalue weighted by molar-refractivity contribution is -0.306. The largest absolute Gasteiger partial charge is 0.550 e. The molecular formula is C10H9ClNO2-. The van der Waals surface area contributed by atoms with E-state index in [4.69, 9.17) is 11.6 Å². The van der Waals surface area contributed by atoms with Crippen LogP contribution in [-0.4, -0.2) is 11.0 Å². The average molecular weight is 211 g/mol. The second-order valence-electron chi connectivity index (χ2n) is 3.51. The van der Waals surface area contributed by atoms with Crippen molar-refractivity contribution in [2.24, 2.45) is 0 Å². The Labute approximate surface area is 86.7 Å². The highest BCUT2D eigenvalue weighted by molar-refractivity contribution is 6.30. The molecule has 1 atom stereocenters. The number of carbonyl (C=O) groups excluding carboxylic acids is 1. The molecule has 0 radical (unpaired) electrons. The van der Waals surface area contributed by atoms with Crippen molar-refractivity contribution in [3.8, 4) is 0 Å².